The van der Waals surface area contributed by atoms with Gasteiger partial charge in [0.25, 0.3) is 0 Å². The number of hydrogen-bond acceptors (Lipinski definition) is 6. The Bertz CT molecular complexity index is 731. The van der Waals surface area contributed by atoms with Crippen LogP contribution in [-0.2, 0) is 24.4 Å². The van der Waals surface area contributed by atoms with Crippen LogP contribution in [0.4, 0.5) is 5.69 Å². The van der Waals surface area contributed by atoms with Crippen LogP contribution >= 0.6 is 0 Å². The van der Waals surface area contributed by atoms with Crippen LogP contribution in [0.15, 0.2) is 18.2 Å². The highest BCUT2D eigenvalue weighted by atomic mass is 16.7. The van der Waals surface area contributed by atoms with Gasteiger partial charge in [0.2, 0.25) is 0 Å². The first-order valence-corrected chi connectivity index (χ1v) is 10.8. The molecule has 3 aliphatic heterocycles. The van der Waals surface area contributed by atoms with Gasteiger partial charge in [-0.05, 0) is 70.6 Å². The first-order valence-electron chi connectivity index (χ1n) is 10.8. The zero-order valence-electron chi connectivity index (χ0n) is 18.4. The van der Waals surface area contributed by atoms with Crippen molar-refractivity contribution in [3.05, 3.63) is 23.8 Å². The molecule has 1 N–H and O–H groups in total. The quantitative estimate of drug-likeness (QED) is 0.782. The van der Waals surface area contributed by atoms with E-state index < -0.39 is 23.9 Å². The SMILES string of the molecule is C[C@@H]1COCCN1c1cc(B2OC(C)(C)C(C)(C)O2)cc(C2(O)CCCOC2)c1. The Kier molecular flexibility index (Phi) is 5.49. The summed E-state index contributed by atoms with van der Waals surface area (Å²) in [4.78, 5) is 2.34. The maximum Gasteiger partial charge on any atom is 0.494 e. The number of nitrogens with zero attached hydrogens (tertiary/aromatic N) is 1. The molecule has 3 heterocycles. The summed E-state index contributed by atoms with van der Waals surface area (Å²) in [5.74, 6) is 0. The highest BCUT2D eigenvalue weighted by Gasteiger charge is 2.52. The molecule has 0 aliphatic carbocycles. The average molecular weight is 403 g/mol. The molecule has 160 valence electrons. The van der Waals surface area contributed by atoms with Crippen molar-refractivity contribution >= 4 is 18.3 Å². The number of morpholine rings is 1. The summed E-state index contributed by atoms with van der Waals surface area (Å²) >= 11 is 0. The van der Waals surface area contributed by atoms with E-state index in [1.54, 1.807) is 0 Å². The molecule has 1 unspecified atom stereocenters. The van der Waals surface area contributed by atoms with E-state index in [1.165, 1.54) is 0 Å². The van der Waals surface area contributed by atoms with Crippen molar-refractivity contribution in [2.45, 2.75) is 70.3 Å². The van der Waals surface area contributed by atoms with Crippen LogP contribution in [-0.4, -0.2) is 62.4 Å². The van der Waals surface area contributed by atoms with Crippen molar-refractivity contribution in [3.8, 4) is 0 Å². The first-order chi connectivity index (χ1) is 13.6. The van der Waals surface area contributed by atoms with Crippen LogP contribution in [0.5, 0.6) is 0 Å². The highest BCUT2D eigenvalue weighted by Crippen LogP contribution is 2.38. The van der Waals surface area contributed by atoms with Gasteiger partial charge < -0.3 is 28.8 Å². The van der Waals surface area contributed by atoms with E-state index in [-0.39, 0.29) is 6.04 Å². The summed E-state index contributed by atoms with van der Waals surface area (Å²) in [6.07, 6.45) is 1.54. The molecule has 1 aromatic carbocycles. The maximum atomic E-state index is 11.4. The van der Waals surface area contributed by atoms with E-state index >= 15 is 0 Å². The summed E-state index contributed by atoms with van der Waals surface area (Å²) in [6, 6.07) is 6.54. The van der Waals surface area contributed by atoms with Crippen molar-refractivity contribution in [1.82, 2.24) is 0 Å². The van der Waals surface area contributed by atoms with Crippen LogP contribution in [0.3, 0.4) is 0 Å². The first kappa shape index (κ1) is 21.1. The van der Waals surface area contributed by atoms with Crippen LogP contribution in [0.25, 0.3) is 0 Å². The molecule has 29 heavy (non-hydrogen) atoms. The molecular weight excluding hydrogens is 369 g/mol. The number of benzene rings is 1. The molecule has 0 amide bonds. The molecule has 0 saturated carbocycles. The van der Waals surface area contributed by atoms with Crippen LogP contribution in [0, 0.1) is 0 Å². The van der Waals surface area contributed by atoms with Gasteiger partial charge in [-0.25, -0.2) is 0 Å². The highest BCUT2D eigenvalue weighted by molar-refractivity contribution is 6.62. The zero-order valence-corrected chi connectivity index (χ0v) is 18.4. The molecule has 0 radical (unpaired) electrons. The Morgan fingerprint density at radius 1 is 1.03 bits per heavy atom. The van der Waals surface area contributed by atoms with Gasteiger partial charge in [0, 0.05) is 24.9 Å². The predicted octanol–water partition coefficient (Wildman–Crippen LogP) is 2.21. The van der Waals surface area contributed by atoms with Gasteiger partial charge >= 0.3 is 7.12 Å². The summed E-state index contributed by atoms with van der Waals surface area (Å²) in [5.41, 5.74) is 1.08. The zero-order chi connectivity index (χ0) is 20.9. The van der Waals surface area contributed by atoms with Crippen LogP contribution in [0.2, 0.25) is 0 Å². The summed E-state index contributed by atoms with van der Waals surface area (Å²) in [5, 5.41) is 11.4. The van der Waals surface area contributed by atoms with E-state index in [0.717, 1.165) is 29.7 Å². The Morgan fingerprint density at radius 2 is 1.76 bits per heavy atom. The topological polar surface area (TPSA) is 60.4 Å². The standard InChI is InChI=1S/C22H34BNO5/c1-16-14-26-10-8-24(16)19-12-17(22(25)7-6-9-27-15-22)11-18(13-19)23-28-20(2,3)21(4,5)29-23/h11-13,16,25H,6-10,14-15H2,1-5H3/t16-,22?/m1/s1. The molecule has 4 rings (SSSR count). The maximum absolute atomic E-state index is 11.4. The molecule has 6 nitrogen and oxygen atoms in total. The van der Waals surface area contributed by atoms with E-state index in [0.29, 0.717) is 32.8 Å². The molecule has 0 aromatic heterocycles. The van der Waals surface area contributed by atoms with E-state index in [2.05, 4.69) is 51.7 Å². The molecule has 1 aromatic rings. The number of anilines is 1. The third-order valence-corrected chi connectivity index (χ3v) is 6.92. The Morgan fingerprint density at radius 3 is 2.38 bits per heavy atom. The minimum atomic E-state index is -0.984. The van der Waals surface area contributed by atoms with Gasteiger partial charge in [0.05, 0.1) is 31.0 Å². The van der Waals surface area contributed by atoms with E-state index in [4.69, 9.17) is 18.8 Å². The molecule has 3 aliphatic rings. The van der Waals surface area contributed by atoms with Gasteiger partial charge in [0.1, 0.15) is 5.60 Å². The van der Waals surface area contributed by atoms with Crippen LogP contribution < -0.4 is 10.4 Å². The van der Waals surface area contributed by atoms with Crippen molar-refractivity contribution in [1.29, 1.82) is 0 Å². The van der Waals surface area contributed by atoms with Gasteiger partial charge in [-0.3, -0.25) is 0 Å². The predicted molar refractivity (Wildman–Crippen MR) is 114 cm³/mol. The third kappa shape index (κ3) is 3.95. The largest absolute Gasteiger partial charge is 0.494 e. The summed E-state index contributed by atoms with van der Waals surface area (Å²) < 4.78 is 23.9. The van der Waals surface area contributed by atoms with Gasteiger partial charge in [0.15, 0.2) is 0 Å². The second-order valence-corrected chi connectivity index (χ2v) is 9.71. The average Bonchev–Trinajstić information content (AvgIpc) is 2.90. The minimum absolute atomic E-state index is 0.266. The molecule has 3 fully saturated rings. The Hall–Kier alpha value is -1.12. The number of hydrogen-bond donors (Lipinski definition) is 1. The molecule has 7 heteroatoms. The number of ether oxygens (including phenoxy) is 2. The fourth-order valence-electron chi connectivity index (χ4n) is 4.30. The third-order valence-electron chi connectivity index (χ3n) is 6.92. The molecule has 0 spiro atoms. The van der Waals surface area contributed by atoms with E-state index in [1.807, 2.05) is 6.07 Å². The van der Waals surface area contributed by atoms with Crippen molar-refractivity contribution in [2.75, 3.05) is 37.9 Å². The normalized spacial score (nSPS) is 31.9. The van der Waals surface area contributed by atoms with E-state index in [9.17, 15) is 5.11 Å². The summed E-state index contributed by atoms with van der Waals surface area (Å²) in [7, 11) is -0.469. The lowest BCUT2D eigenvalue weighted by molar-refractivity contribution is -0.0902. The second kappa shape index (κ2) is 7.54. The van der Waals surface area contributed by atoms with Gasteiger partial charge in [-0.2, -0.15) is 0 Å². The monoisotopic (exact) mass is 403 g/mol. The Balaban J connectivity index is 1.74. The summed E-state index contributed by atoms with van der Waals surface area (Å²) in [6.45, 7) is 13.6. The van der Waals surface area contributed by atoms with Crippen molar-refractivity contribution < 1.29 is 23.9 Å². The van der Waals surface area contributed by atoms with Crippen molar-refractivity contribution in [2.24, 2.45) is 0 Å². The van der Waals surface area contributed by atoms with Gasteiger partial charge in [-0.15, -0.1) is 0 Å². The fourth-order valence-corrected chi connectivity index (χ4v) is 4.30. The van der Waals surface area contributed by atoms with Crippen molar-refractivity contribution in [3.63, 3.8) is 0 Å². The smallest absolute Gasteiger partial charge is 0.399 e. The van der Waals surface area contributed by atoms with Gasteiger partial charge in [-0.1, -0.05) is 6.07 Å². The Labute approximate surface area is 174 Å². The van der Waals surface area contributed by atoms with Crippen LogP contribution in [0.1, 0.15) is 53.0 Å². The fraction of sp³-hybridized carbons (Fsp3) is 0.727. The number of rotatable bonds is 3. The molecule has 2 atom stereocenters. The molecule has 0 bridgehead atoms. The second-order valence-electron chi connectivity index (χ2n) is 9.71. The lowest BCUT2D eigenvalue weighted by atomic mass is 9.75. The molecule has 3 saturated heterocycles. The minimum Gasteiger partial charge on any atom is -0.399 e. The lowest BCUT2D eigenvalue weighted by Gasteiger charge is -2.38. The lowest BCUT2D eigenvalue weighted by Crippen LogP contribution is -2.45. The molecular formula is C22H34BNO5. The number of aliphatic hydroxyl groups is 1.